The predicted molar refractivity (Wildman–Crippen MR) is 120 cm³/mol. The van der Waals surface area contributed by atoms with Crippen molar-refractivity contribution in [1.82, 2.24) is 9.80 Å². The fourth-order valence-electron chi connectivity index (χ4n) is 3.95. The number of nitrogen functional groups attached to an aromatic ring is 2. The van der Waals surface area contributed by atoms with Crippen LogP contribution in [0.4, 0.5) is 24.5 Å². The third kappa shape index (κ3) is 4.19. The zero-order valence-electron chi connectivity index (χ0n) is 18.5. The van der Waals surface area contributed by atoms with Gasteiger partial charge in [-0.15, -0.1) is 0 Å². The van der Waals surface area contributed by atoms with Crippen molar-refractivity contribution >= 4 is 28.3 Å². The molecule has 3 aromatic rings. The van der Waals surface area contributed by atoms with Gasteiger partial charge in [0, 0.05) is 44.7 Å². The van der Waals surface area contributed by atoms with E-state index >= 15 is 8.78 Å². The van der Waals surface area contributed by atoms with Crippen molar-refractivity contribution in [2.24, 2.45) is 0 Å². The number of rotatable bonds is 4. The van der Waals surface area contributed by atoms with Crippen LogP contribution in [0.15, 0.2) is 33.5 Å². The second-order valence-electron chi connectivity index (χ2n) is 8.17. The molecule has 11 heteroatoms. The summed E-state index contributed by atoms with van der Waals surface area (Å²) in [4.78, 5) is 28.2. The van der Waals surface area contributed by atoms with Gasteiger partial charge in [-0.05, 0) is 25.2 Å². The third-order valence-electron chi connectivity index (χ3n) is 5.80. The molecule has 0 aliphatic carbocycles. The molecule has 8 nitrogen and oxygen atoms in total. The Kier molecular flexibility index (Phi) is 6.24. The van der Waals surface area contributed by atoms with Crippen LogP contribution >= 0.6 is 0 Å². The number of anilines is 2. The van der Waals surface area contributed by atoms with Crippen molar-refractivity contribution < 1.29 is 27.1 Å². The monoisotopic (exact) mass is 476 g/mol. The molecule has 180 valence electrons. The summed E-state index contributed by atoms with van der Waals surface area (Å²) in [6, 6.07) is 4.64. The van der Waals surface area contributed by atoms with Gasteiger partial charge in [0.2, 0.25) is 0 Å². The highest BCUT2D eigenvalue weighted by Gasteiger charge is 2.35. The van der Waals surface area contributed by atoms with Crippen molar-refractivity contribution in [2.45, 2.75) is 13.2 Å². The lowest BCUT2D eigenvalue weighted by Gasteiger charge is -2.37. The molecule has 4 N–H and O–H groups in total. The van der Waals surface area contributed by atoms with Crippen molar-refractivity contribution in [1.29, 1.82) is 0 Å². The molecule has 1 aliphatic rings. The lowest BCUT2D eigenvalue weighted by Crippen LogP contribution is -2.47. The minimum absolute atomic E-state index is 0.116. The van der Waals surface area contributed by atoms with Crippen molar-refractivity contribution in [3.05, 3.63) is 57.5 Å². The maximum absolute atomic E-state index is 15.8. The number of hydrogen-bond acceptors (Lipinski definition) is 8. The maximum Gasteiger partial charge on any atom is 0.304 e. The average Bonchev–Trinajstić information content (AvgIpc) is 2.78. The largest absolute Gasteiger partial charge is 0.453 e. The van der Waals surface area contributed by atoms with E-state index in [9.17, 15) is 14.0 Å². The first kappa shape index (κ1) is 23.6. The third-order valence-corrected chi connectivity index (χ3v) is 5.80. The van der Waals surface area contributed by atoms with Gasteiger partial charge in [-0.1, -0.05) is 0 Å². The average molecular weight is 476 g/mol. The van der Waals surface area contributed by atoms with Gasteiger partial charge in [-0.2, -0.15) is 0 Å². The van der Waals surface area contributed by atoms with Gasteiger partial charge < -0.3 is 25.5 Å². The van der Waals surface area contributed by atoms with Gasteiger partial charge in [0.05, 0.1) is 22.3 Å². The Morgan fingerprint density at radius 2 is 1.76 bits per heavy atom. The van der Waals surface area contributed by atoms with Crippen molar-refractivity contribution in [3.8, 4) is 11.3 Å². The van der Waals surface area contributed by atoms with E-state index in [0.29, 0.717) is 26.2 Å². The van der Waals surface area contributed by atoms with Crippen LogP contribution < -0.4 is 16.9 Å². The number of carbonyl (C=O) groups is 1. The number of halogens is 3. The van der Waals surface area contributed by atoms with E-state index < -0.39 is 57.3 Å². The minimum Gasteiger partial charge on any atom is -0.453 e. The number of fused-ring (bicyclic) bond motifs is 1. The molecule has 0 amide bonds. The summed E-state index contributed by atoms with van der Waals surface area (Å²) in [5, 5.41) is -0.502. The van der Waals surface area contributed by atoms with Crippen LogP contribution in [-0.2, 0) is 9.53 Å². The molecule has 0 spiro atoms. The Bertz CT molecular complexity index is 1340. The summed E-state index contributed by atoms with van der Waals surface area (Å²) in [7, 11) is 1.89. The van der Waals surface area contributed by atoms with E-state index in [1.54, 1.807) is 4.90 Å². The summed E-state index contributed by atoms with van der Waals surface area (Å²) in [5.41, 5.74) is 8.65. The molecule has 2 aromatic carbocycles. The molecular formula is C23H23F3N4O4. The predicted octanol–water partition coefficient (Wildman–Crippen LogP) is 2.85. The number of nitrogens with two attached hydrogens (primary N) is 2. The molecule has 34 heavy (non-hydrogen) atoms. The molecule has 0 radical (unpaired) electrons. The smallest absolute Gasteiger partial charge is 0.304 e. The number of nitrogens with zero attached hydrogens (tertiary/aromatic N) is 2. The van der Waals surface area contributed by atoms with Gasteiger partial charge in [-0.3, -0.25) is 14.5 Å². The Morgan fingerprint density at radius 1 is 1.09 bits per heavy atom. The van der Waals surface area contributed by atoms with E-state index in [-0.39, 0.29) is 17.0 Å². The van der Waals surface area contributed by atoms with Gasteiger partial charge in [0.1, 0.15) is 11.6 Å². The first-order valence-electron chi connectivity index (χ1n) is 10.5. The second-order valence-corrected chi connectivity index (χ2v) is 8.17. The molecule has 2 heterocycles. The van der Waals surface area contributed by atoms with Crippen LogP contribution in [-0.4, -0.2) is 49.0 Å². The lowest BCUT2D eigenvalue weighted by atomic mass is 10.0. The Balaban J connectivity index is 1.93. The highest BCUT2D eigenvalue weighted by atomic mass is 19.1. The summed E-state index contributed by atoms with van der Waals surface area (Å²) in [5.74, 6) is -4.13. The molecule has 4 rings (SSSR count). The molecular weight excluding hydrogens is 453 g/mol. The standard InChI is InChI=1S/C23H23F3N4O4/c1-11(31)33-23(30-7-5-29(2)6-8-30)18-19(25)21(28)17-15(32)10-16(34-22(17)20(18)26)12-3-4-14(27)13(24)9-12/h3-4,9-10,23H,5-8,27-28H2,1-2H3. The first-order valence-corrected chi connectivity index (χ1v) is 10.5. The number of piperazine rings is 1. The fraction of sp³-hybridized carbons (Fsp3) is 0.304. The molecule has 1 saturated heterocycles. The molecule has 1 aliphatic heterocycles. The summed E-state index contributed by atoms with van der Waals surface area (Å²) < 4.78 is 56.0. The zero-order chi connectivity index (χ0) is 24.7. The van der Waals surface area contributed by atoms with Gasteiger partial charge in [0.15, 0.2) is 28.9 Å². The Morgan fingerprint density at radius 3 is 2.38 bits per heavy atom. The number of hydrogen-bond donors (Lipinski definition) is 2. The number of esters is 1. The van der Waals surface area contributed by atoms with Crippen LogP contribution in [0.5, 0.6) is 0 Å². The van der Waals surface area contributed by atoms with Crippen LogP contribution in [0, 0.1) is 17.5 Å². The molecule has 1 aromatic heterocycles. The zero-order valence-corrected chi connectivity index (χ0v) is 18.5. The number of benzene rings is 2. The maximum atomic E-state index is 15.8. The highest BCUT2D eigenvalue weighted by Crippen LogP contribution is 2.37. The summed E-state index contributed by atoms with van der Waals surface area (Å²) >= 11 is 0. The number of ether oxygens (including phenoxy) is 1. The van der Waals surface area contributed by atoms with Crippen molar-refractivity contribution in [3.63, 3.8) is 0 Å². The van der Waals surface area contributed by atoms with E-state index in [2.05, 4.69) is 0 Å². The number of likely N-dealkylation sites (N-methyl/N-ethyl adjacent to an activating group) is 1. The van der Waals surface area contributed by atoms with Gasteiger partial charge in [0.25, 0.3) is 0 Å². The molecule has 1 unspecified atom stereocenters. The van der Waals surface area contributed by atoms with Crippen LogP contribution in [0.1, 0.15) is 18.7 Å². The Hall–Kier alpha value is -3.57. The second kappa shape index (κ2) is 8.99. The van der Waals surface area contributed by atoms with Crippen LogP contribution in [0.2, 0.25) is 0 Å². The molecule has 0 saturated carbocycles. The normalized spacial score (nSPS) is 16.0. The summed E-state index contributed by atoms with van der Waals surface area (Å²) in [6.07, 6.45) is -1.43. The van der Waals surface area contributed by atoms with Crippen LogP contribution in [0.3, 0.4) is 0 Å². The number of carbonyl (C=O) groups excluding carboxylic acids is 1. The molecule has 1 atom stereocenters. The van der Waals surface area contributed by atoms with Gasteiger partial charge in [-0.25, -0.2) is 13.2 Å². The van der Waals surface area contributed by atoms with E-state index in [1.165, 1.54) is 12.1 Å². The Labute approximate surface area is 192 Å². The molecule has 0 bridgehead atoms. The fourth-order valence-corrected chi connectivity index (χ4v) is 3.95. The van der Waals surface area contributed by atoms with Gasteiger partial charge >= 0.3 is 5.97 Å². The summed E-state index contributed by atoms with van der Waals surface area (Å²) in [6.45, 7) is 3.00. The minimum atomic E-state index is -1.43. The van der Waals surface area contributed by atoms with E-state index in [1.807, 2.05) is 11.9 Å². The van der Waals surface area contributed by atoms with E-state index in [0.717, 1.165) is 19.1 Å². The molecule has 1 fully saturated rings. The topological polar surface area (TPSA) is 115 Å². The van der Waals surface area contributed by atoms with Crippen LogP contribution in [0.25, 0.3) is 22.3 Å². The van der Waals surface area contributed by atoms with Crippen molar-refractivity contribution in [2.75, 3.05) is 44.7 Å². The SMILES string of the molecule is CC(=O)OC(c1c(F)c(N)c2c(=O)cc(-c3ccc(N)c(F)c3)oc2c1F)N1CCN(C)CC1. The highest BCUT2D eigenvalue weighted by molar-refractivity contribution is 5.91. The quantitative estimate of drug-likeness (QED) is 0.436. The van der Waals surface area contributed by atoms with E-state index in [4.69, 9.17) is 20.6 Å². The first-order chi connectivity index (χ1) is 16.1. The lowest BCUT2D eigenvalue weighted by molar-refractivity contribution is -0.159.